The number of hydrogen-bond donors (Lipinski definition) is 18. The van der Waals surface area contributed by atoms with E-state index in [0.717, 1.165) is 13.8 Å². The van der Waals surface area contributed by atoms with E-state index < -0.39 is 222 Å². The van der Waals surface area contributed by atoms with Gasteiger partial charge in [-0.1, -0.05) is 0 Å². The van der Waals surface area contributed by atoms with Gasteiger partial charge in [-0.2, -0.15) is 0 Å². The van der Waals surface area contributed by atoms with Gasteiger partial charge in [0.1, 0.15) is 134 Å². The molecule has 6 rings (SSSR count). The van der Waals surface area contributed by atoms with Crippen LogP contribution in [-0.4, -0.2) is 304 Å². The molecule has 6 heterocycles. The summed E-state index contributed by atoms with van der Waals surface area (Å²) in [5.41, 5.74) is 0. The Morgan fingerprint density at radius 3 is 1.31 bits per heavy atom. The van der Waals surface area contributed by atoms with Crippen LogP contribution in [-0.2, 0) is 61.7 Å². The highest BCUT2D eigenvalue weighted by Crippen LogP contribution is 2.37. The molecule has 6 saturated heterocycles. The number of carbonyl (C=O) groups is 2. The quantitative estimate of drug-likeness (QED) is 0.0682. The Bertz CT molecular complexity index is 1710. The Labute approximate surface area is 403 Å². The van der Waals surface area contributed by atoms with Crippen LogP contribution in [0.2, 0.25) is 0 Å². The van der Waals surface area contributed by atoms with Crippen LogP contribution in [0.3, 0.4) is 0 Å². The lowest BCUT2D eigenvalue weighted by Gasteiger charge is -2.51. The monoisotopic (exact) mass is 1040 g/mol. The predicted molar refractivity (Wildman–Crippen MR) is 220 cm³/mol. The SMILES string of the molecule is CC(=O)N[C@H]1[C@H](OC[C@H]2OC(O)[C@H](NC(C)=O)[C@@H](O[C@@H]3O[C@H](CO)[C@H](O)[C@H](O)[C@H]3O)[C@H]2O)O[C@H](CO)[C@@H](O[C@@H]2O[C@H](CO)[C@H](O)[C@H](O)[C@H]2O[C@@H]2O[C@@H](C)[C@@H](O)[C@@H](O)[C@@H]2O)[C@@H]1O[C@@H]1O[C@@H](C)[C@@H](O)[C@@H](O)[C@@H]1O. The molecule has 0 aromatic carbocycles. The van der Waals surface area contributed by atoms with Crippen molar-refractivity contribution in [3.05, 3.63) is 0 Å². The maximum atomic E-state index is 13.0. The van der Waals surface area contributed by atoms with E-state index in [-0.39, 0.29) is 0 Å². The first-order valence-corrected chi connectivity index (χ1v) is 22.8. The molecule has 0 saturated carbocycles. The molecule has 2 amide bonds. The molecule has 30 atom stereocenters. The van der Waals surface area contributed by atoms with Gasteiger partial charge in [0.15, 0.2) is 37.7 Å². The molecular formula is C40H68N2O29. The van der Waals surface area contributed by atoms with Crippen molar-refractivity contribution in [2.75, 3.05) is 26.4 Å². The summed E-state index contributed by atoms with van der Waals surface area (Å²) in [5, 5.41) is 176. The van der Waals surface area contributed by atoms with Crippen molar-refractivity contribution in [1.29, 1.82) is 0 Å². The second kappa shape index (κ2) is 24.7. The second-order valence-electron chi connectivity index (χ2n) is 18.2. The Morgan fingerprint density at radius 2 is 0.803 bits per heavy atom. The molecular weight excluding hydrogens is 972 g/mol. The normalized spacial score (nSPS) is 50.8. The van der Waals surface area contributed by atoms with Gasteiger partial charge in [-0.05, 0) is 13.8 Å². The standard InChI is InChI=1S/C40H68N2O29/c1-9-19(48)24(53)28(57)37(62-9)70-33-18(42-12(4)47)36(61-8-16-23(52)32(17(35(60)64-16)41-11(3)46)69-39-30(59)26(55)21(50)13(5-43)65-39)67-15(7-45)31(33)68-40-34(27(56)22(51)14(6-44)66-40)71-38-29(58)25(54)20(49)10(2)63-38/h9-10,13-40,43-45,48-60H,5-8H2,1-4H3,(H,41,46)(H,42,47)/t9-,10-,13+,14+,15+,16+,17+,18+,19+,20+,21-,22-,23-,24+,25+,26-,27-,28-,29-,30+,31+,32+,33+,34+,35?,36+,37-,38-,39-,40-/m0/s1. The third kappa shape index (κ3) is 12.6. The fraction of sp³-hybridized carbons (Fsp3) is 0.950. The highest BCUT2D eigenvalue weighted by molar-refractivity contribution is 5.73. The highest BCUT2D eigenvalue weighted by atomic mass is 16.8. The van der Waals surface area contributed by atoms with Gasteiger partial charge in [0.05, 0.1) is 38.6 Å². The van der Waals surface area contributed by atoms with Crippen molar-refractivity contribution < 1.29 is 143 Å². The van der Waals surface area contributed by atoms with E-state index in [1.54, 1.807) is 0 Å². The van der Waals surface area contributed by atoms with E-state index >= 15 is 0 Å². The lowest BCUT2D eigenvalue weighted by Crippen LogP contribution is -2.70. The molecule has 6 fully saturated rings. The number of aliphatic hydroxyl groups is 16. The Morgan fingerprint density at radius 1 is 0.394 bits per heavy atom. The first-order valence-electron chi connectivity index (χ1n) is 22.8. The van der Waals surface area contributed by atoms with Crippen LogP contribution in [0, 0.1) is 0 Å². The fourth-order valence-electron chi connectivity index (χ4n) is 9.08. The first-order chi connectivity index (χ1) is 33.4. The third-order valence-electron chi connectivity index (χ3n) is 13.1. The molecule has 412 valence electrons. The van der Waals surface area contributed by atoms with Gasteiger partial charge in [-0.25, -0.2) is 0 Å². The van der Waals surface area contributed by atoms with E-state index in [9.17, 15) is 91.3 Å². The van der Waals surface area contributed by atoms with Gasteiger partial charge in [0.2, 0.25) is 11.8 Å². The Kier molecular flexibility index (Phi) is 20.2. The molecule has 6 aliphatic rings. The van der Waals surface area contributed by atoms with Crippen LogP contribution in [0.4, 0.5) is 0 Å². The molecule has 71 heavy (non-hydrogen) atoms. The molecule has 1 unspecified atom stereocenters. The number of hydrogen-bond acceptors (Lipinski definition) is 29. The van der Waals surface area contributed by atoms with Crippen molar-refractivity contribution >= 4 is 11.8 Å². The van der Waals surface area contributed by atoms with E-state index in [1.807, 2.05) is 0 Å². The van der Waals surface area contributed by atoms with Crippen molar-refractivity contribution in [2.45, 2.75) is 212 Å². The summed E-state index contributed by atoms with van der Waals surface area (Å²) in [6, 6.07) is -3.34. The first kappa shape index (κ1) is 58.1. The van der Waals surface area contributed by atoms with Gasteiger partial charge < -0.3 is 144 Å². The maximum absolute atomic E-state index is 13.0. The zero-order valence-electron chi connectivity index (χ0n) is 38.6. The average molecular weight is 1040 g/mol. The van der Waals surface area contributed by atoms with Gasteiger partial charge >= 0.3 is 0 Å². The molecule has 31 heteroatoms. The minimum Gasteiger partial charge on any atom is -0.394 e. The summed E-state index contributed by atoms with van der Waals surface area (Å²) in [4.78, 5) is 25.2. The van der Waals surface area contributed by atoms with Crippen molar-refractivity contribution in [1.82, 2.24) is 10.6 Å². The molecule has 0 aromatic rings. The third-order valence-corrected chi connectivity index (χ3v) is 13.1. The smallest absolute Gasteiger partial charge is 0.217 e. The van der Waals surface area contributed by atoms with Gasteiger partial charge in [0.25, 0.3) is 0 Å². The van der Waals surface area contributed by atoms with Crippen molar-refractivity contribution in [3.63, 3.8) is 0 Å². The van der Waals surface area contributed by atoms with Crippen LogP contribution in [0.5, 0.6) is 0 Å². The summed E-state index contributed by atoms with van der Waals surface area (Å²) in [6.45, 7) is 1.00. The van der Waals surface area contributed by atoms with Gasteiger partial charge in [0, 0.05) is 13.8 Å². The lowest BCUT2D eigenvalue weighted by molar-refractivity contribution is -0.394. The fourth-order valence-corrected chi connectivity index (χ4v) is 9.08. The summed E-state index contributed by atoms with van der Waals surface area (Å²) in [5.74, 6) is -1.60. The van der Waals surface area contributed by atoms with E-state index in [2.05, 4.69) is 10.6 Å². The lowest BCUT2D eigenvalue weighted by atomic mass is 9.94. The number of nitrogens with one attached hydrogen (secondary N) is 2. The van der Waals surface area contributed by atoms with Crippen molar-refractivity contribution in [3.8, 4) is 0 Å². The minimum atomic E-state index is -2.06. The Balaban J connectivity index is 1.32. The van der Waals surface area contributed by atoms with Gasteiger partial charge in [-0.3, -0.25) is 9.59 Å². The number of ether oxygens (including phenoxy) is 11. The zero-order valence-corrected chi connectivity index (χ0v) is 38.6. The number of aliphatic hydroxyl groups excluding tert-OH is 16. The molecule has 18 N–H and O–H groups in total. The topological polar surface area (TPSA) is 483 Å². The van der Waals surface area contributed by atoms with Crippen LogP contribution in [0.1, 0.15) is 27.7 Å². The van der Waals surface area contributed by atoms with Crippen molar-refractivity contribution in [2.24, 2.45) is 0 Å². The minimum absolute atomic E-state index is 0.765. The van der Waals surface area contributed by atoms with Crippen LogP contribution >= 0.6 is 0 Å². The number of rotatable bonds is 16. The number of amides is 2. The molecule has 0 radical (unpaired) electrons. The second-order valence-corrected chi connectivity index (χ2v) is 18.2. The zero-order chi connectivity index (χ0) is 52.5. The molecule has 31 nitrogen and oxygen atoms in total. The molecule has 6 aliphatic heterocycles. The van der Waals surface area contributed by atoms with Gasteiger partial charge in [-0.15, -0.1) is 0 Å². The molecule has 0 bridgehead atoms. The largest absolute Gasteiger partial charge is 0.394 e. The van der Waals surface area contributed by atoms with E-state index in [1.165, 1.54) is 13.8 Å². The van der Waals surface area contributed by atoms with Crippen LogP contribution in [0.25, 0.3) is 0 Å². The Hall–Kier alpha value is -2.14. The summed E-state index contributed by atoms with van der Waals surface area (Å²) < 4.78 is 64.3. The van der Waals surface area contributed by atoms with Crippen LogP contribution < -0.4 is 10.6 Å². The summed E-state index contributed by atoms with van der Waals surface area (Å²) in [7, 11) is 0. The average Bonchev–Trinajstić information content (AvgIpc) is 3.33. The molecule has 0 spiro atoms. The predicted octanol–water partition coefficient (Wildman–Crippen LogP) is -11.8. The van der Waals surface area contributed by atoms with Crippen LogP contribution in [0.15, 0.2) is 0 Å². The molecule has 0 aliphatic carbocycles. The number of carbonyl (C=O) groups excluding carboxylic acids is 2. The highest BCUT2D eigenvalue weighted by Gasteiger charge is 2.58. The van der Waals surface area contributed by atoms with E-state index in [4.69, 9.17) is 52.1 Å². The maximum Gasteiger partial charge on any atom is 0.217 e. The summed E-state index contributed by atoms with van der Waals surface area (Å²) in [6.07, 6.45) is -50.7. The molecule has 0 aromatic heterocycles. The summed E-state index contributed by atoms with van der Waals surface area (Å²) >= 11 is 0. The van der Waals surface area contributed by atoms with E-state index in [0.29, 0.717) is 0 Å².